The molecule has 2 aromatic heterocycles. The third-order valence-electron chi connectivity index (χ3n) is 3.76. The number of pyridine rings is 1. The van der Waals surface area contributed by atoms with Gasteiger partial charge in [-0.2, -0.15) is 5.10 Å². The third-order valence-corrected chi connectivity index (χ3v) is 3.76. The number of guanidine groups is 1. The molecule has 0 fully saturated rings. The third kappa shape index (κ3) is 4.00. The molecule has 0 aromatic carbocycles. The van der Waals surface area contributed by atoms with E-state index in [-0.39, 0.29) is 0 Å². The lowest BCUT2D eigenvalue weighted by molar-refractivity contribution is 0.406. The summed E-state index contributed by atoms with van der Waals surface area (Å²) in [6.45, 7) is 5.24. The standard InChI is InChI=1S/C16H24N6O/c1-11-8-18-14(12(2)15(11)23-5)10-20-16(17-3)19-9-13-6-7-21-22(13)4/h6-8H,9-10H2,1-5H3,(H2,17,19,20). The van der Waals surface area contributed by atoms with E-state index in [0.29, 0.717) is 19.0 Å². The molecule has 0 spiro atoms. The van der Waals surface area contributed by atoms with Crippen LogP contribution in [0, 0.1) is 13.8 Å². The van der Waals surface area contributed by atoms with Crippen molar-refractivity contribution in [2.45, 2.75) is 26.9 Å². The number of ether oxygens (including phenoxy) is 1. The van der Waals surface area contributed by atoms with Crippen molar-refractivity contribution in [3.63, 3.8) is 0 Å². The van der Waals surface area contributed by atoms with Crippen LogP contribution in [0.15, 0.2) is 23.5 Å². The van der Waals surface area contributed by atoms with Crippen molar-refractivity contribution in [2.75, 3.05) is 14.2 Å². The molecule has 0 aliphatic rings. The fourth-order valence-corrected chi connectivity index (χ4v) is 2.39. The van der Waals surface area contributed by atoms with Crippen LogP contribution in [0.5, 0.6) is 5.75 Å². The molecule has 2 rings (SSSR count). The highest BCUT2D eigenvalue weighted by Crippen LogP contribution is 2.23. The average Bonchev–Trinajstić information content (AvgIpc) is 2.95. The molecule has 7 nitrogen and oxygen atoms in total. The van der Waals surface area contributed by atoms with Crippen LogP contribution in [0.1, 0.15) is 22.5 Å². The van der Waals surface area contributed by atoms with E-state index in [9.17, 15) is 0 Å². The number of aromatic nitrogens is 3. The SMILES string of the molecule is CN=C(NCc1ncc(C)c(OC)c1C)NCc1ccnn1C. The topological polar surface area (TPSA) is 76.4 Å². The monoisotopic (exact) mass is 316 g/mol. The molecule has 0 aliphatic heterocycles. The lowest BCUT2D eigenvalue weighted by Gasteiger charge is -2.15. The molecular formula is C16H24N6O. The number of aryl methyl sites for hydroxylation is 2. The van der Waals surface area contributed by atoms with Gasteiger partial charge in [0.1, 0.15) is 5.75 Å². The van der Waals surface area contributed by atoms with Gasteiger partial charge in [0.15, 0.2) is 5.96 Å². The van der Waals surface area contributed by atoms with Crippen LogP contribution >= 0.6 is 0 Å². The van der Waals surface area contributed by atoms with Gasteiger partial charge in [-0.3, -0.25) is 14.7 Å². The van der Waals surface area contributed by atoms with Crippen molar-refractivity contribution in [3.8, 4) is 5.75 Å². The number of nitrogens with zero attached hydrogens (tertiary/aromatic N) is 4. The van der Waals surface area contributed by atoms with Crippen LogP contribution in [0.3, 0.4) is 0 Å². The molecule has 0 radical (unpaired) electrons. The highest BCUT2D eigenvalue weighted by Gasteiger charge is 2.10. The summed E-state index contributed by atoms with van der Waals surface area (Å²) in [7, 11) is 5.34. The highest BCUT2D eigenvalue weighted by atomic mass is 16.5. The Morgan fingerprint density at radius 1 is 1.30 bits per heavy atom. The average molecular weight is 316 g/mol. The van der Waals surface area contributed by atoms with Crippen LogP contribution in [0.25, 0.3) is 0 Å². The predicted octanol–water partition coefficient (Wildman–Crippen LogP) is 1.31. The van der Waals surface area contributed by atoms with Gasteiger partial charge in [0.2, 0.25) is 0 Å². The second-order valence-corrected chi connectivity index (χ2v) is 5.27. The van der Waals surface area contributed by atoms with Crippen LogP contribution < -0.4 is 15.4 Å². The summed E-state index contributed by atoms with van der Waals surface area (Å²) in [6.07, 6.45) is 3.60. The predicted molar refractivity (Wildman–Crippen MR) is 90.5 cm³/mol. The fraction of sp³-hybridized carbons (Fsp3) is 0.438. The van der Waals surface area contributed by atoms with Crippen molar-refractivity contribution >= 4 is 5.96 Å². The minimum atomic E-state index is 0.577. The Morgan fingerprint density at radius 2 is 2.04 bits per heavy atom. The first kappa shape index (κ1) is 16.8. The van der Waals surface area contributed by atoms with E-state index in [2.05, 4.69) is 25.7 Å². The summed E-state index contributed by atoms with van der Waals surface area (Å²) in [6, 6.07) is 1.97. The maximum atomic E-state index is 5.44. The van der Waals surface area contributed by atoms with Crippen LogP contribution in [-0.4, -0.2) is 34.9 Å². The Balaban J connectivity index is 1.97. The van der Waals surface area contributed by atoms with Crippen molar-refractivity contribution < 1.29 is 4.74 Å². The van der Waals surface area contributed by atoms with Gasteiger partial charge in [0.25, 0.3) is 0 Å². The van der Waals surface area contributed by atoms with E-state index in [4.69, 9.17) is 4.74 Å². The van der Waals surface area contributed by atoms with E-state index in [1.54, 1.807) is 20.4 Å². The molecule has 0 saturated heterocycles. The molecule has 2 heterocycles. The number of rotatable bonds is 5. The van der Waals surface area contributed by atoms with Crippen LogP contribution in [-0.2, 0) is 20.1 Å². The van der Waals surface area contributed by atoms with Gasteiger partial charge in [0, 0.05) is 37.6 Å². The zero-order chi connectivity index (χ0) is 16.8. The quantitative estimate of drug-likeness (QED) is 0.642. The van der Waals surface area contributed by atoms with Gasteiger partial charge in [-0.1, -0.05) is 0 Å². The van der Waals surface area contributed by atoms with Gasteiger partial charge >= 0.3 is 0 Å². The van der Waals surface area contributed by atoms with Crippen LogP contribution in [0.2, 0.25) is 0 Å². The zero-order valence-electron chi connectivity index (χ0n) is 14.3. The Morgan fingerprint density at radius 3 is 2.65 bits per heavy atom. The van der Waals surface area contributed by atoms with E-state index >= 15 is 0 Å². The number of aliphatic imine (C=N–C) groups is 1. The van der Waals surface area contributed by atoms with Gasteiger partial charge in [-0.15, -0.1) is 0 Å². The molecule has 7 heteroatoms. The fourth-order valence-electron chi connectivity index (χ4n) is 2.39. The Kier molecular flexibility index (Phi) is 5.56. The first-order chi connectivity index (χ1) is 11.1. The highest BCUT2D eigenvalue weighted by molar-refractivity contribution is 5.79. The van der Waals surface area contributed by atoms with Crippen molar-refractivity contribution in [2.24, 2.45) is 12.0 Å². The Labute approximate surface area is 136 Å². The van der Waals surface area contributed by atoms with E-state index < -0.39 is 0 Å². The lowest BCUT2D eigenvalue weighted by atomic mass is 10.1. The molecule has 2 N–H and O–H groups in total. The van der Waals surface area contributed by atoms with Crippen LogP contribution in [0.4, 0.5) is 0 Å². The number of hydrogen-bond acceptors (Lipinski definition) is 4. The number of nitrogens with one attached hydrogen (secondary N) is 2. The van der Waals surface area contributed by atoms with E-state index in [1.165, 1.54) is 0 Å². The smallest absolute Gasteiger partial charge is 0.191 e. The summed E-state index contributed by atoms with van der Waals surface area (Å²) >= 11 is 0. The second kappa shape index (κ2) is 7.62. The Bertz CT molecular complexity index is 692. The summed E-state index contributed by atoms with van der Waals surface area (Å²) < 4.78 is 7.27. The summed E-state index contributed by atoms with van der Waals surface area (Å²) in [5, 5.41) is 10.7. The lowest BCUT2D eigenvalue weighted by Crippen LogP contribution is -2.37. The second-order valence-electron chi connectivity index (χ2n) is 5.27. The largest absolute Gasteiger partial charge is 0.496 e. The summed E-state index contributed by atoms with van der Waals surface area (Å²) in [4.78, 5) is 8.71. The molecule has 124 valence electrons. The van der Waals surface area contributed by atoms with E-state index in [1.807, 2.05) is 37.8 Å². The van der Waals surface area contributed by atoms with Crippen molar-refractivity contribution in [1.29, 1.82) is 0 Å². The van der Waals surface area contributed by atoms with E-state index in [0.717, 1.165) is 28.3 Å². The minimum Gasteiger partial charge on any atom is -0.496 e. The molecule has 2 aromatic rings. The molecule has 0 unspecified atom stereocenters. The molecule has 23 heavy (non-hydrogen) atoms. The molecule has 0 bridgehead atoms. The van der Waals surface area contributed by atoms with Gasteiger partial charge in [0.05, 0.1) is 31.6 Å². The molecule has 0 saturated carbocycles. The first-order valence-electron chi connectivity index (χ1n) is 7.47. The number of hydrogen-bond donors (Lipinski definition) is 2. The van der Waals surface area contributed by atoms with Gasteiger partial charge in [-0.25, -0.2) is 0 Å². The molecule has 0 atom stereocenters. The molecular weight excluding hydrogens is 292 g/mol. The maximum Gasteiger partial charge on any atom is 0.191 e. The van der Waals surface area contributed by atoms with Crippen molar-refractivity contribution in [3.05, 3.63) is 41.0 Å². The normalized spacial score (nSPS) is 11.4. The number of methoxy groups -OCH3 is 1. The maximum absolute atomic E-state index is 5.44. The summed E-state index contributed by atoms with van der Waals surface area (Å²) in [5.74, 6) is 1.60. The Hall–Kier alpha value is -2.57. The zero-order valence-corrected chi connectivity index (χ0v) is 14.3. The first-order valence-corrected chi connectivity index (χ1v) is 7.47. The molecule has 0 amide bonds. The van der Waals surface area contributed by atoms with Crippen molar-refractivity contribution in [1.82, 2.24) is 25.4 Å². The van der Waals surface area contributed by atoms with Gasteiger partial charge < -0.3 is 15.4 Å². The minimum absolute atomic E-state index is 0.577. The molecule has 0 aliphatic carbocycles. The van der Waals surface area contributed by atoms with Gasteiger partial charge in [-0.05, 0) is 19.9 Å². The summed E-state index contributed by atoms with van der Waals surface area (Å²) in [5.41, 5.74) is 4.10.